The number of esters is 1. The quantitative estimate of drug-likeness (QED) is 0.0288. The van der Waals surface area contributed by atoms with Crippen LogP contribution in [-0.2, 0) is 68.0 Å². The number of aryl methyl sites for hydroxylation is 2. The van der Waals surface area contributed by atoms with Crippen molar-refractivity contribution in [1.29, 1.82) is 5.41 Å². The van der Waals surface area contributed by atoms with Gasteiger partial charge in [-0.2, -0.15) is 0 Å². The minimum absolute atomic E-state index is 0.0663. The lowest BCUT2D eigenvalue weighted by molar-refractivity contribution is -0.170. The summed E-state index contributed by atoms with van der Waals surface area (Å²) >= 11 is 0. The molecule has 0 saturated carbocycles. The molecule has 0 radical (unpaired) electrons. The zero-order chi connectivity index (χ0) is 57.4. The van der Waals surface area contributed by atoms with Crippen LogP contribution in [0.4, 0.5) is 15.3 Å². The molecule has 5 aromatic carbocycles. The van der Waals surface area contributed by atoms with Crippen LogP contribution in [0.25, 0.3) is 33.2 Å². The molecule has 6 heterocycles. The number of cyclic esters (lactones) is 1. The highest BCUT2D eigenvalue weighted by Gasteiger charge is 2.51. The fraction of sp³-hybridized carbons (Fsp3) is 0.302. The van der Waals surface area contributed by atoms with Crippen molar-refractivity contribution in [3.8, 4) is 28.6 Å². The molecule has 19 heteroatoms. The van der Waals surface area contributed by atoms with Gasteiger partial charge in [0, 0.05) is 59.3 Å². The first-order valence-corrected chi connectivity index (χ1v) is 28.8. The summed E-state index contributed by atoms with van der Waals surface area (Å²) in [6.07, 6.45) is 4.76. The molecule has 18 nitrogen and oxygen atoms in total. The van der Waals surface area contributed by atoms with Crippen molar-refractivity contribution in [3.05, 3.63) is 182 Å². The second-order valence-corrected chi connectivity index (χ2v) is 22.4. The Kier molecular flexibility index (Phi) is 15.7. The van der Waals surface area contributed by atoms with Crippen molar-refractivity contribution in [3.63, 3.8) is 0 Å². The number of hydrogen-bond acceptors (Lipinski definition) is 13. The molecule has 3 aromatic heterocycles. The SMILES string of the molecule is CCc1c2c(nc3ccc(OC(=O)N4CCC(CCn5ccc6cc(N(C(=N)c7cc(C(C)C)c(O)cc7O)C(N)=O)ccc65)CC4)cc13)-c1cc3c(c(=O)n1C2)COC(=O)C3(CC)OP(OCc1ccccc1)OCc1ccccc1. The van der Waals surface area contributed by atoms with Gasteiger partial charge < -0.3 is 48.5 Å². The third-order valence-corrected chi connectivity index (χ3v) is 17.2. The lowest BCUT2D eigenvalue weighted by atomic mass is 9.86. The van der Waals surface area contributed by atoms with Gasteiger partial charge in [-0.3, -0.25) is 14.7 Å². The molecule has 1 saturated heterocycles. The highest BCUT2D eigenvalue weighted by Crippen LogP contribution is 2.53. The van der Waals surface area contributed by atoms with Crippen LogP contribution in [-0.4, -0.2) is 66.2 Å². The number of aromatic nitrogens is 3. The Hall–Kier alpha value is -8.41. The summed E-state index contributed by atoms with van der Waals surface area (Å²) in [5.41, 5.74) is 11.9. The lowest BCUT2D eigenvalue weighted by Crippen LogP contribution is -2.45. The maximum atomic E-state index is 14.6. The Balaban J connectivity index is 0.757. The second kappa shape index (κ2) is 23.2. The minimum Gasteiger partial charge on any atom is -0.508 e. The number of nitrogens with zero attached hydrogens (tertiary/aromatic N) is 5. The van der Waals surface area contributed by atoms with Crippen LogP contribution in [0.15, 0.2) is 132 Å². The van der Waals surface area contributed by atoms with Crippen molar-refractivity contribution in [2.75, 3.05) is 18.0 Å². The average Bonchev–Trinajstić information content (AvgIpc) is 4.10. The monoisotopic (exact) mass is 1130 g/mol. The van der Waals surface area contributed by atoms with Crippen molar-refractivity contribution < 1.29 is 47.6 Å². The van der Waals surface area contributed by atoms with Gasteiger partial charge >= 0.3 is 26.7 Å². The number of likely N-dealkylation sites (tertiary alicyclic amines) is 1. The highest BCUT2D eigenvalue weighted by atomic mass is 31.2. The van der Waals surface area contributed by atoms with E-state index in [9.17, 15) is 29.4 Å². The molecule has 1 atom stereocenters. The highest BCUT2D eigenvalue weighted by molar-refractivity contribution is 7.41. The van der Waals surface area contributed by atoms with E-state index in [1.165, 1.54) is 12.1 Å². The number of rotatable bonds is 17. The number of primary amides is 1. The van der Waals surface area contributed by atoms with Crippen LogP contribution in [0.5, 0.6) is 17.2 Å². The molecular weight excluding hydrogens is 1060 g/mol. The van der Waals surface area contributed by atoms with Gasteiger partial charge in [0.15, 0.2) is 5.60 Å². The van der Waals surface area contributed by atoms with Gasteiger partial charge in [-0.1, -0.05) is 88.4 Å². The Morgan fingerprint density at radius 3 is 2.24 bits per heavy atom. The van der Waals surface area contributed by atoms with Crippen molar-refractivity contribution in [2.24, 2.45) is 11.7 Å². The van der Waals surface area contributed by atoms with Crippen molar-refractivity contribution in [2.45, 2.75) is 104 Å². The van der Waals surface area contributed by atoms with E-state index in [2.05, 4.69) is 4.57 Å². The van der Waals surface area contributed by atoms with Crippen LogP contribution < -0.4 is 20.9 Å². The molecule has 82 heavy (non-hydrogen) atoms. The number of fused-ring (bicyclic) bond motifs is 6. The van der Waals surface area contributed by atoms with Crippen molar-refractivity contribution in [1.82, 2.24) is 19.0 Å². The van der Waals surface area contributed by atoms with Gasteiger partial charge in [0.25, 0.3) is 5.56 Å². The van der Waals surface area contributed by atoms with Crippen LogP contribution in [0.3, 0.4) is 0 Å². The summed E-state index contributed by atoms with van der Waals surface area (Å²) in [6.45, 7) is 9.77. The summed E-state index contributed by atoms with van der Waals surface area (Å²) < 4.78 is 35.0. The smallest absolute Gasteiger partial charge is 0.415 e. The maximum absolute atomic E-state index is 14.6. The van der Waals surface area contributed by atoms with Crippen LogP contribution in [0.2, 0.25) is 0 Å². The number of carbonyl (C=O) groups is 3. The number of amides is 3. The van der Waals surface area contributed by atoms with E-state index in [1.807, 2.05) is 125 Å². The second-order valence-electron chi connectivity index (χ2n) is 21.3. The molecule has 0 bridgehead atoms. The number of nitrogens with one attached hydrogen (secondary N) is 1. The van der Waals surface area contributed by atoms with Crippen LogP contribution in [0, 0.1) is 11.3 Å². The normalized spacial score (nSPS) is 15.9. The fourth-order valence-corrected chi connectivity index (χ4v) is 12.8. The number of ether oxygens (including phenoxy) is 2. The van der Waals surface area contributed by atoms with Gasteiger partial charge in [0.1, 0.15) is 29.7 Å². The van der Waals surface area contributed by atoms with Gasteiger partial charge in [-0.25, -0.2) is 24.3 Å². The van der Waals surface area contributed by atoms with E-state index in [0.29, 0.717) is 70.5 Å². The Labute approximate surface area is 475 Å². The third kappa shape index (κ3) is 10.7. The number of anilines is 1. The van der Waals surface area contributed by atoms with Gasteiger partial charge in [-0.15, -0.1) is 0 Å². The third-order valence-electron chi connectivity index (χ3n) is 16.0. The predicted octanol–water partition coefficient (Wildman–Crippen LogP) is 12.0. The van der Waals surface area contributed by atoms with E-state index >= 15 is 0 Å². The van der Waals surface area contributed by atoms with Crippen LogP contribution >= 0.6 is 8.60 Å². The molecule has 1 fully saturated rings. The number of phenols is 2. The molecule has 422 valence electrons. The lowest BCUT2D eigenvalue weighted by Gasteiger charge is -2.37. The number of amidine groups is 1. The zero-order valence-electron chi connectivity index (χ0n) is 46.1. The number of benzene rings is 5. The Morgan fingerprint density at radius 2 is 1.59 bits per heavy atom. The first-order valence-electron chi connectivity index (χ1n) is 27.7. The summed E-state index contributed by atoms with van der Waals surface area (Å²) in [5, 5.41) is 31.6. The first-order chi connectivity index (χ1) is 39.6. The number of hydrogen-bond donors (Lipinski definition) is 4. The van der Waals surface area contributed by atoms with E-state index in [1.54, 1.807) is 27.7 Å². The Morgan fingerprint density at radius 1 is 0.878 bits per heavy atom. The van der Waals surface area contributed by atoms with Gasteiger partial charge in [0.2, 0.25) is 0 Å². The molecule has 3 aliphatic heterocycles. The molecular formula is C63H64N7O11P. The average molecular weight is 1130 g/mol. The molecule has 8 aromatic rings. The van der Waals surface area contributed by atoms with E-state index < -0.39 is 32.3 Å². The van der Waals surface area contributed by atoms with Gasteiger partial charge in [0.05, 0.1) is 53.5 Å². The van der Waals surface area contributed by atoms with Gasteiger partial charge in [-0.05, 0) is 121 Å². The molecule has 0 spiro atoms. The summed E-state index contributed by atoms with van der Waals surface area (Å²) in [4.78, 5) is 63.2. The largest absolute Gasteiger partial charge is 0.508 e. The number of aromatic hydroxyl groups is 2. The van der Waals surface area contributed by atoms with E-state index in [-0.39, 0.29) is 67.2 Å². The van der Waals surface area contributed by atoms with E-state index in [0.717, 1.165) is 69.3 Å². The molecule has 0 aliphatic carbocycles. The summed E-state index contributed by atoms with van der Waals surface area (Å²) in [5.74, 6) is -0.746. The number of carbonyl (C=O) groups excluding carboxylic acids is 3. The fourth-order valence-electron chi connectivity index (χ4n) is 11.5. The van der Waals surface area contributed by atoms with Crippen molar-refractivity contribution >= 4 is 60.0 Å². The molecule has 5 N–H and O–H groups in total. The summed E-state index contributed by atoms with van der Waals surface area (Å²) in [7, 11) is -2.17. The van der Waals surface area contributed by atoms with E-state index in [4.69, 9.17) is 39.2 Å². The summed E-state index contributed by atoms with van der Waals surface area (Å²) in [6, 6.07) is 35.6. The maximum Gasteiger partial charge on any atom is 0.415 e. The number of urea groups is 1. The molecule has 1 unspecified atom stereocenters. The number of piperidine rings is 1. The number of phenolic OH excluding ortho intramolecular Hbond substituents is 2. The molecule has 11 rings (SSSR count). The number of pyridine rings is 2. The first kappa shape index (κ1) is 55.5. The number of nitrogens with two attached hydrogens (primary N) is 1. The Bertz CT molecular complexity index is 3800. The zero-order valence-corrected chi connectivity index (χ0v) is 47.0. The molecule has 3 aliphatic rings. The minimum atomic E-state index is -2.17. The topological polar surface area (TPSA) is 234 Å². The predicted molar refractivity (Wildman–Crippen MR) is 312 cm³/mol. The standard InChI is InChI=1S/C63H64N7O11P/c1-5-45-47-30-44(80-62(76)68-26-22-39(23-27-68)21-25-67-28-24-42-29-43(17-20-53(42)67)70(61(65)75)58(64)48-31-46(38(3)4)55(71)33-56(48)72)18-19-52(47)66-57-49(45)34-69-54(57)32-51-50(59(69)73)37-77-60(74)63(51,6-2)81-82(78-35-40-13-9-7-10-14-40)79-36-41-15-11-8-12-16-41/h7-20,24,28-33,38-39,64,71-72H,5-6,21-23,25-27,34-37H2,1-4H3,(H2,65,75). The van der Waals surface area contributed by atoms with Crippen LogP contribution in [0.1, 0.15) is 104 Å². The molecule has 3 amide bonds.